The molecule has 0 bridgehead atoms. The molecule has 24 heavy (non-hydrogen) atoms. The number of hydrogen-bond donors (Lipinski definition) is 2. The maximum atomic E-state index is 11.7. The Kier molecular flexibility index (Phi) is 6.66. The molecule has 1 aliphatic carbocycles. The molecule has 0 heterocycles. The molecule has 0 saturated heterocycles. The van der Waals surface area contributed by atoms with E-state index in [-0.39, 0.29) is 30.1 Å². The number of carbonyl (C=O) groups is 2. The summed E-state index contributed by atoms with van der Waals surface area (Å²) in [6, 6.07) is 3.42. The van der Waals surface area contributed by atoms with Gasteiger partial charge in [-0.15, -0.1) is 0 Å². The molecular weight excluding hydrogens is 378 g/mol. The second-order valence-electron chi connectivity index (χ2n) is 5.54. The Bertz CT molecular complexity index is 638. The van der Waals surface area contributed by atoms with E-state index in [4.69, 9.17) is 9.47 Å². The van der Waals surface area contributed by atoms with Gasteiger partial charge in [0.05, 0.1) is 11.6 Å². The molecule has 1 aromatic carbocycles. The monoisotopic (exact) mass is 397 g/mol. The van der Waals surface area contributed by atoms with Crippen LogP contribution in [0.25, 0.3) is 6.08 Å². The number of halogens is 1. The van der Waals surface area contributed by atoms with Crippen LogP contribution in [0.3, 0.4) is 0 Å². The number of esters is 1. The summed E-state index contributed by atoms with van der Waals surface area (Å²) in [5.74, 6) is -0.619. The van der Waals surface area contributed by atoms with E-state index in [1.54, 1.807) is 12.1 Å². The number of amides is 1. The Balaban J connectivity index is 1.84. The van der Waals surface area contributed by atoms with Crippen LogP contribution >= 0.6 is 15.9 Å². The van der Waals surface area contributed by atoms with E-state index in [1.807, 2.05) is 0 Å². The van der Waals surface area contributed by atoms with E-state index in [0.717, 1.165) is 25.7 Å². The summed E-state index contributed by atoms with van der Waals surface area (Å²) in [5.41, 5.74) is 0.642. The summed E-state index contributed by atoms with van der Waals surface area (Å²) in [7, 11) is 1.44. The van der Waals surface area contributed by atoms with Crippen LogP contribution in [0.15, 0.2) is 22.7 Å². The number of methoxy groups -OCH3 is 1. The Labute approximate surface area is 149 Å². The summed E-state index contributed by atoms with van der Waals surface area (Å²) in [4.78, 5) is 23.4. The van der Waals surface area contributed by atoms with Crippen molar-refractivity contribution in [3.05, 3.63) is 28.2 Å². The van der Waals surface area contributed by atoms with Gasteiger partial charge in [-0.1, -0.05) is 12.8 Å². The summed E-state index contributed by atoms with van der Waals surface area (Å²) >= 11 is 3.20. The second-order valence-corrected chi connectivity index (χ2v) is 6.40. The average molecular weight is 398 g/mol. The van der Waals surface area contributed by atoms with Crippen molar-refractivity contribution in [3.8, 4) is 11.5 Å². The number of benzene rings is 1. The molecule has 0 aromatic heterocycles. The third-order valence-electron chi connectivity index (χ3n) is 3.75. The first-order valence-electron chi connectivity index (χ1n) is 7.70. The molecule has 0 aliphatic heterocycles. The van der Waals surface area contributed by atoms with Gasteiger partial charge in [-0.2, -0.15) is 0 Å². The SMILES string of the molecule is COc1cc(/C=C/C(=O)OCC(=O)NC2CCCC2)cc(Br)c1O. The summed E-state index contributed by atoms with van der Waals surface area (Å²) in [5, 5.41) is 12.6. The minimum absolute atomic E-state index is 0.0131. The molecule has 0 atom stereocenters. The van der Waals surface area contributed by atoms with Crippen molar-refractivity contribution >= 4 is 33.9 Å². The quantitative estimate of drug-likeness (QED) is 0.569. The van der Waals surface area contributed by atoms with Gasteiger partial charge in [0.15, 0.2) is 18.1 Å². The minimum atomic E-state index is -0.611. The molecule has 2 N–H and O–H groups in total. The van der Waals surface area contributed by atoms with Gasteiger partial charge in [0.25, 0.3) is 5.91 Å². The molecule has 130 valence electrons. The van der Waals surface area contributed by atoms with Gasteiger partial charge in [-0.05, 0) is 52.5 Å². The fraction of sp³-hybridized carbons (Fsp3) is 0.412. The summed E-state index contributed by atoms with van der Waals surface area (Å²) in [6.07, 6.45) is 6.96. The van der Waals surface area contributed by atoms with Crippen LogP contribution in [0.5, 0.6) is 11.5 Å². The zero-order valence-corrected chi connectivity index (χ0v) is 15.0. The highest BCUT2D eigenvalue weighted by molar-refractivity contribution is 9.10. The molecule has 1 aliphatic rings. The normalized spacial score (nSPS) is 14.8. The van der Waals surface area contributed by atoms with Crippen molar-refractivity contribution in [3.63, 3.8) is 0 Å². The lowest BCUT2D eigenvalue weighted by Crippen LogP contribution is -2.35. The standard InChI is InChI=1S/C17H20BrNO5/c1-23-14-9-11(8-13(18)17(14)22)6-7-16(21)24-10-15(20)19-12-4-2-3-5-12/h6-9,12,22H,2-5,10H2,1H3,(H,19,20)/b7-6+. The van der Waals surface area contributed by atoms with Crippen LogP contribution in [-0.4, -0.2) is 36.7 Å². The fourth-order valence-corrected chi connectivity index (χ4v) is 2.99. The van der Waals surface area contributed by atoms with Crippen LogP contribution in [0.1, 0.15) is 31.2 Å². The highest BCUT2D eigenvalue weighted by atomic mass is 79.9. The van der Waals surface area contributed by atoms with Crippen molar-refractivity contribution in [1.29, 1.82) is 0 Å². The third-order valence-corrected chi connectivity index (χ3v) is 4.35. The van der Waals surface area contributed by atoms with Gasteiger partial charge in [0.1, 0.15) is 0 Å². The van der Waals surface area contributed by atoms with Crippen molar-refractivity contribution < 1.29 is 24.2 Å². The molecular formula is C17H20BrNO5. The summed E-state index contributed by atoms with van der Waals surface area (Å²) in [6.45, 7) is -0.289. The maximum absolute atomic E-state index is 11.7. The van der Waals surface area contributed by atoms with E-state index in [9.17, 15) is 14.7 Å². The number of aromatic hydroxyl groups is 1. The maximum Gasteiger partial charge on any atom is 0.331 e. The minimum Gasteiger partial charge on any atom is -0.503 e. The Morgan fingerprint density at radius 1 is 1.38 bits per heavy atom. The van der Waals surface area contributed by atoms with Gasteiger partial charge < -0.3 is 19.9 Å². The van der Waals surface area contributed by atoms with Crippen LogP contribution in [0.2, 0.25) is 0 Å². The predicted molar refractivity (Wildman–Crippen MR) is 92.8 cm³/mol. The molecule has 1 amide bonds. The number of carbonyl (C=O) groups excluding carboxylic acids is 2. The molecule has 1 fully saturated rings. The lowest BCUT2D eigenvalue weighted by Gasteiger charge is -2.11. The third kappa shape index (κ3) is 5.26. The molecule has 1 aromatic rings. The van der Waals surface area contributed by atoms with Gasteiger partial charge in [-0.25, -0.2) is 4.79 Å². The van der Waals surface area contributed by atoms with Crippen molar-refractivity contribution in [2.45, 2.75) is 31.7 Å². The summed E-state index contributed by atoms with van der Waals surface area (Å²) < 4.78 is 10.4. The van der Waals surface area contributed by atoms with Crippen molar-refractivity contribution in [2.24, 2.45) is 0 Å². The van der Waals surface area contributed by atoms with Crippen molar-refractivity contribution in [2.75, 3.05) is 13.7 Å². The zero-order valence-electron chi connectivity index (χ0n) is 13.4. The predicted octanol–water partition coefficient (Wildman–Crippen LogP) is 2.78. The van der Waals surface area contributed by atoms with Gasteiger partial charge in [0, 0.05) is 12.1 Å². The first-order valence-corrected chi connectivity index (χ1v) is 8.49. The first kappa shape index (κ1) is 18.3. The second kappa shape index (κ2) is 8.73. The average Bonchev–Trinajstić information content (AvgIpc) is 3.06. The molecule has 0 spiro atoms. The van der Waals surface area contributed by atoms with Crippen LogP contribution in [-0.2, 0) is 14.3 Å². The van der Waals surface area contributed by atoms with E-state index < -0.39 is 5.97 Å². The molecule has 6 nitrogen and oxygen atoms in total. The van der Waals surface area contributed by atoms with E-state index >= 15 is 0 Å². The Hall–Kier alpha value is -2.02. The van der Waals surface area contributed by atoms with E-state index in [1.165, 1.54) is 19.3 Å². The van der Waals surface area contributed by atoms with Gasteiger partial charge >= 0.3 is 5.97 Å². The Morgan fingerprint density at radius 3 is 2.75 bits per heavy atom. The van der Waals surface area contributed by atoms with Crippen molar-refractivity contribution in [1.82, 2.24) is 5.32 Å². The number of rotatable bonds is 6. The molecule has 7 heteroatoms. The highest BCUT2D eigenvalue weighted by Gasteiger charge is 2.17. The first-order chi connectivity index (χ1) is 11.5. The molecule has 0 unspecified atom stereocenters. The number of phenolic OH excluding ortho intramolecular Hbond substituents is 1. The lowest BCUT2D eigenvalue weighted by atomic mass is 10.2. The largest absolute Gasteiger partial charge is 0.503 e. The van der Waals surface area contributed by atoms with Gasteiger partial charge in [-0.3, -0.25) is 4.79 Å². The molecule has 2 rings (SSSR count). The van der Waals surface area contributed by atoms with Crippen LogP contribution in [0, 0.1) is 0 Å². The van der Waals surface area contributed by atoms with Crippen LogP contribution in [0.4, 0.5) is 0 Å². The van der Waals surface area contributed by atoms with E-state index in [0.29, 0.717) is 10.0 Å². The highest BCUT2D eigenvalue weighted by Crippen LogP contribution is 2.35. The number of hydrogen-bond acceptors (Lipinski definition) is 5. The smallest absolute Gasteiger partial charge is 0.331 e. The van der Waals surface area contributed by atoms with Gasteiger partial charge in [0.2, 0.25) is 0 Å². The zero-order chi connectivity index (χ0) is 17.5. The number of phenols is 1. The van der Waals surface area contributed by atoms with Crippen LogP contribution < -0.4 is 10.1 Å². The number of nitrogens with one attached hydrogen (secondary N) is 1. The molecule has 0 radical (unpaired) electrons. The van der Waals surface area contributed by atoms with E-state index in [2.05, 4.69) is 21.2 Å². The Morgan fingerprint density at radius 2 is 2.08 bits per heavy atom. The fourth-order valence-electron chi connectivity index (χ4n) is 2.53. The lowest BCUT2D eigenvalue weighted by molar-refractivity contribution is -0.144. The molecule has 1 saturated carbocycles. The number of ether oxygens (including phenoxy) is 2. The topological polar surface area (TPSA) is 84.9 Å².